The van der Waals surface area contributed by atoms with Crippen LogP contribution >= 0.6 is 0 Å². The van der Waals surface area contributed by atoms with Crippen LogP contribution in [0.5, 0.6) is 0 Å². The van der Waals surface area contributed by atoms with Crippen LogP contribution in [0.2, 0.25) is 0 Å². The zero-order valence-corrected chi connectivity index (χ0v) is 5.26. The lowest BCUT2D eigenvalue weighted by Gasteiger charge is -1.82. The first-order chi connectivity index (χ1) is 3.91. The first kappa shape index (κ1) is 7.14. The molecule has 0 saturated carbocycles. The molecular weight excluding hydrogens is 102 g/mol. The van der Waals surface area contributed by atoms with Gasteiger partial charge in [-0.2, -0.15) is 5.11 Å². The maximum atomic E-state index is 3.50. The van der Waals surface area contributed by atoms with Crippen LogP contribution in [0.25, 0.3) is 0 Å². The Morgan fingerprint density at radius 2 is 2.38 bits per heavy atom. The SMILES string of the molecule is CC/C=C\NN=NC. The molecule has 0 aliphatic heterocycles. The Morgan fingerprint density at radius 1 is 1.62 bits per heavy atom. The fraction of sp³-hybridized carbons (Fsp3) is 0.600. The normalized spacial score (nSPS) is 11.2. The van der Waals surface area contributed by atoms with Gasteiger partial charge in [0.15, 0.2) is 0 Å². The van der Waals surface area contributed by atoms with Crippen LogP contribution in [0, 0.1) is 0 Å². The number of nitrogens with one attached hydrogen (secondary N) is 1. The predicted molar refractivity (Wildman–Crippen MR) is 33.3 cm³/mol. The lowest BCUT2D eigenvalue weighted by Crippen LogP contribution is -1.88. The molecule has 0 rings (SSSR count). The molecule has 0 amide bonds. The summed E-state index contributed by atoms with van der Waals surface area (Å²) in [6.45, 7) is 2.06. The highest BCUT2D eigenvalue weighted by Crippen LogP contribution is 1.74. The molecule has 0 heterocycles. The summed E-state index contributed by atoms with van der Waals surface area (Å²) in [5.74, 6) is 0. The number of hydrogen-bond acceptors (Lipinski definition) is 2. The largest absolute Gasteiger partial charge is 0.268 e. The van der Waals surface area contributed by atoms with Crippen LogP contribution in [0.4, 0.5) is 0 Å². The average Bonchev–Trinajstić information content (AvgIpc) is 1.81. The lowest BCUT2D eigenvalue weighted by molar-refractivity contribution is 0.849. The topological polar surface area (TPSA) is 36.8 Å². The van der Waals surface area contributed by atoms with Gasteiger partial charge in [0.2, 0.25) is 0 Å². The standard InChI is InChI=1S/C5H11N3/c1-3-4-5-7-8-6-2/h4-5H,3H2,1-2H3,(H,6,7)/b5-4-. The quantitative estimate of drug-likeness (QED) is 0.437. The Balaban J connectivity index is 3.03. The fourth-order valence-corrected chi connectivity index (χ4v) is 0.262. The lowest BCUT2D eigenvalue weighted by atomic mass is 10.5. The van der Waals surface area contributed by atoms with E-state index in [1.54, 1.807) is 13.2 Å². The smallest absolute Gasteiger partial charge is 0.0509 e. The Morgan fingerprint density at radius 3 is 2.88 bits per heavy atom. The maximum Gasteiger partial charge on any atom is 0.0509 e. The Bertz CT molecular complexity index is 85.7. The van der Waals surface area contributed by atoms with Gasteiger partial charge in [0.25, 0.3) is 0 Å². The summed E-state index contributed by atoms with van der Waals surface area (Å²) in [4.78, 5) is 0. The molecule has 0 aromatic rings. The number of allylic oxidation sites excluding steroid dienone is 1. The average molecular weight is 113 g/mol. The molecule has 0 radical (unpaired) electrons. The highest BCUT2D eigenvalue weighted by molar-refractivity contribution is 4.74. The minimum absolute atomic E-state index is 1.02. The third-order valence-electron chi connectivity index (χ3n) is 0.586. The fourth-order valence-electron chi connectivity index (χ4n) is 0.262. The minimum Gasteiger partial charge on any atom is -0.268 e. The first-order valence-corrected chi connectivity index (χ1v) is 2.61. The zero-order valence-electron chi connectivity index (χ0n) is 5.26. The molecule has 0 fully saturated rings. The third kappa shape index (κ3) is 5.14. The van der Waals surface area contributed by atoms with Crippen molar-refractivity contribution in [2.24, 2.45) is 10.3 Å². The van der Waals surface area contributed by atoms with Crippen LogP contribution in [-0.2, 0) is 0 Å². The molecule has 46 valence electrons. The van der Waals surface area contributed by atoms with Crippen molar-refractivity contribution < 1.29 is 0 Å². The van der Waals surface area contributed by atoms with Crippen molar-refractivity contribution in [2.45, 2.75) is 13.3 Å². The van der Waals surface area contributed by atoms with Crippen LogP contribution in [0.1, 0.15) is 13.3 Å². The van der Waals surface area contributed by atoms with Gasteiger partial charge < -0.3 is 0 Å². The van der Waals surface area contributed by atoms with Crippen LogP contribution < -0.4 is 5.43 Å². The number of hydrogen-bond donors (Lipinski definition) is 1. The summed E-state index contributed by atoms with van der Waals surface area (Å²) in [7, 11) is 1.62. The molecule has 0 bridgehead atoms. The molecule has 0 unspecified atom stereocenters. The number of nitrogens with zero attached hydrogens (tertiary/aromatic N) is 2. The van der Waals surface area contributed by atoms with Crippen LogP contribution in [0.15, 0.2) is 22.6 Å². The Hall–Kier alpha value is -0.860. The summed E-state index contributed by atoms with van der Waals surface area (Å²) < 4.78 is 0. The summed E-state index contributed by atoms with van der Waals surface area (Å²) in [5.41, 5.74) is 2.61. The van der Waals surface area contributed by atoms with E-state index >= 15 is 0 Å². The van der Waals surface area contributed by atoms with Crippen molar-refractivity contribution >= 4 is 0 Å². The molecule has 8 heavy (non-hydrogen) atoms. The van der Waals surface area contributed by atoms with Gasteiger partial charge in [-0.3, -0.25) is 5.43 Å². The van der Waals surface area contributed by atoms with Gasteiger partial charge in [-0.05, 0) is 6.42 Å². The molecule has 0 aliphatic carbocycles. The van der Waals surface area contributed by atoms with E-state index in [0.29, 0.717) is 0 Å². The third-order valence-corrected chi connectivity index (χ3v) is 0.586. The summed E-state index contributed by atoms with van der Waals surface area (Å²) in [6, 6.07) is 0. The van der Waals surface area contributed by atoms with Crippen molar-refractivity contribution in [1.82, 2.24) is 5.43 Å². The monoisotopic (exact) mass is 113 g/mol. The Kier molecular flexibility index (Phi) is 5.48. The first-order valence-electron chi connectivity index (χ1n) is 2.61. The molecule has 0 spiro atoms. The summed E-state index contributed by atoms with van der Waals surface area (Å²) in [6.07, 6.45) is 4.74. The predicted octanol–water partition coefficient (Wildman–Crippen LogP) is 1.50. The van der Waals surface area contributed by atoms with Gasteiger partial charge >= 0.3 is 0 Å². The van der Waals surface area contributed by atoms with Gasteiger partial charge in [0, 0.05) is 6.20 Å². The van der Waals surface area contributed by atoms with E-state index in [0.717, 1.165) is 6.42 Å². The van der Waals surface area contributed by atoms with E-state index in [1.807, 2.05) is 6.08 Å². The van der Waals surface area contributed by atoms with E-state index in [1.165, 1.54) is 0 Å². The Labute approximate surface area is 49.5 Å². The highest BCUT2D eigenvalue weighted by atomic mass is 15.4. The van der Waals surface area contributed by atoms with E-state index in [4.69, 9.17) is 0 Å². The maximum absolute atomic E-state index is 3.50. The molecule has 0 saturated heterocycles. The van der Waals surface area contributed by atoms with Gasteiger partial charge in [-0.1, -0.05) is 18.2 Å². The van der Waals surface area contributed by atoms with Gasteiger partial charge in [0.05, 0.1) is 7.05 Å². The van der Waals surface area contributed by atoms with Gasteiger partial charge in [-0.25, -0.2) is 0 Å². The van der Waals surface area contributed by atoms with Crippen LogP contribution in [0.3, 0.4) is 0 Å². The molecule has 1 N–H and O–H groups in total. The van der Waals surface area contributed by atoms with Crippen molar-refractivity contribution in [3.63, 3.8) is 0 Å². The minimum atomic E-state index is 1.02. The molecular formula is C5H11N3. The van der Waals surface area contributed by atoms with Gasteiger partial charge in [-0.15, -0.1) is 0 Å². The summed E-state index contributed by atoms with van der Waals surface area (Å²) >= 11 is 0. The zero-order chi connectivity index (χ0) is 6.24. The molecule has 3 heteroatoms. The van der Waals surface area contributed by atoms with Crippen molar-refractivity contribution in [1.29, 1.82) is 0 Å². The van der Waals surface area contributed by atoms with Crippen LogP contribution in [-0.4, -0.2) is 7.05 Å². The van der Waals surface area contributed by atoms with E-state index in [2.05, 4.69) is 22.7 Å². The van der Waals surface area contributed by atoms with Gasteiger partial charge in [0.1, 0.15) is 0 Å². The molecule has 0 aromatic carbocycles. The van der Waals surface area contributed by atoms with Crippen molar-refractivity contribution in [3.8, 4) is 0 Å². The van der Waals surface area contributed by atoms with Crippen molar-refractivity contribution in [2.75, 3.05) is 7.05 Å². The molecule has 0 atom stereocenters. The van der Waals surface area contributed by atoms with E-state index < -0.39 is 0 Å². The highest BCUT2D eigenvalue weighted by Gasteiger charge is 1.62. The molecule has 0 aromatic heterocycles. The number of rotatable bonds is 3. The second-order valence-electron chi connectivity index (χ2n) is 1.24. The van der Waals surface area contributed by atoms with Crippen molar-refractivity contribution in [3.05, 3.63) is 12.3 Å². The molecule has 0 aliphatic rings. The van der Waals surface area contributed by atoms with E-state index in [9.17, 15) is 0 Å². The second-order valence-corrected chi connectivity index (χ2v) is 1.24. The van der Waals surface area contributed by atoms with E-state index in [-0.39, 0.29) is 0 Å². The molecule has 3 nitrogen and oxygen atoms in total. The second kappa shape index (κ2) is 6.14. The summed E-state index contributed by atoms with van der Waals surface area (Å²) in [5, 5.41) is 6.97.